The van der Waals surface area contributed by atoms with Crippen LogP contribution in [0, 0.1) is 0 Å². The molecule has 2 aromatic heterocycles. The summed E-state index contributed by atoms with van der Waals surface area (Å²) < 4.78 is 1.95. The van der Waals surface area contributed by atoms with E-state index in [1.807, 2.05) is 35.3 Å². The van der Waals surface area contributed by atoms with Crippen molar-refractivity contribution in [2.45, 2.75) is 32.9 Å². The third-order valence-electron chi connectivity index (χ3n) is 4.14. The first kappa shape index (κ1) is 22.4. The van der Waals surface area contributed by atoms with E-state index >= 15 is 0 Å². The zero-order chi connectivity index (χ0) is 18.9. The van der Waals surface area contributed by atoms with Crippen molar-refractivity contribution < 1.29 is 0 Å². The molecule has 0 unspecified atom stereocenters. The van der Waals surface area contributed by atoms with Gasteiger partial charge in [0.2, 0.25) is 0 Å². The minimum atomic E-state index is 0. The van der Waals surface area contributed by atoms with Crippen LogP contribution in [0.2, 0.25) is 0 Å². The summed E-state index contributed by atoms with van der Waals surface area (Å²) >= 11 is 1.78. The molecule has 0 aliphatic carbocycles. The molecule has 28 heavy (non-hydrogen) atoms. The van der Waals surface area contributed by atoms with E-state index in [0.29, 0.717) is 6.54 Å². The first-order valence-electron chi connectivity index (χ1n) is 9.20. The van der Waals surface area contributed by atoms with Crippen LogP contribution in [0.5, 0.6) is 0 Å². The molecule has 0 saturated heterocycles. The molecule has 0 fully saturated rings. The maximum Gasteiger partial charge on any atom is 0.191 e. The van der Waals surface area contributed by atoms with Crippen LogP contribution in [0.1, 0.15) is 27.9 Å². The summed E-state index contributed by atoms with van der Waals surface area (Å²) in [7, 11) is 1.78. The molecule has 150 valence electrons. The number of guanidine groups is 1. The van der Waals surface area contributed by atoms with E-state index in [4.69, 9.17) is 0 Å². The lowest BCUT2D eigenvalue weighted by Crippen LogP contribution is -2.37. The van der Waals surface area contributed by atoms with Gasteiger partial charge in [-0.25, -0.2) is 4.98 Å². The minimum absolute atomic E-state index is 0. The van der Waals surface area contributed by atoms with Crippen LogP contribution < -0.4 is 10.6 Å². The summed E-state index contributed by atoms with van der Waals surface area (Å²) in [6.45, 7) is 4.43. The molecule has 0 bridgehead atoms. The Labute approximate surface area is 187 Å². The topological polar surface area (TPSA) is 67.1 Å². The van der Waals surface area contributed by atoms with Gasteiger partial charge >= 0.3 is 0 Å². The van der Waals surface area contributed by atoms with Gasteiger partial charge in [-0.15, -0.1) is 35.3 Å². The van der Waals surface area contributed by atoms with Gasteiger partial charge in [0, 0.05) is 49.4 Å². The number of hydrogen-bond donors (Lipinski definition) is 2. The molecule has 0 radical (unpaired) electrons. The predicted molar refractivity (Wildman–Crippen MR) is 127 cm³/mol. The quantitative estimate of drug-likeness (QED) is 0.277. The SMILES string of the molecule is CCc1cnc(CCNC(=NC)NCc2cnn(Cc3ccccc3)c2)s1.I. The number of aliphatic imine (C=N–C) groups is 1. The number of nitrogens with one attached hydrogen (secondary N) is 2. The zero-order valence-electron chi connectivity index (χ0n) is 16.3. The summed E-state index contributed by atoms with van der Waals surface area (Å²) in [6.07, 6.45) is 7.88. The number of aromatic nitrogens is 3. The summed E-state index contributed by atoms with van der Waals surface area (Å²) in [6, 6.07) is 10.3. The number of nitrogens with zero attached hydrogens (tertiary/aromatic N) is 4. The number of halogens is 1. The van der Waals surface area contributed by atoms with E-state index in [-0.39, 0.29) is 24.0 Å². The molecule has 0 aliphatic heterocycles. The standard InChI is InChI=1S/C20H26N6S.HI/c1-3-18-13-23-19(27-18)9-10-22-20(21-2)24-11-17-12-25-26(15-17)14-16-7-5-4-6-8-16;/h4-8,12-13,15H,3,9-11,14H2,1-2H3,(H2,21,22,24);1H. The Morgan fingerprint density at radius 3 is 2.68 bits per heavy atom. The van der Waals surface area contributed by atoms with Crippen LogP contribution in [0.3, 0.4) is 0 Å². The lowest BCUT2D eigenvalue weighted by molar-refractivity contribution is 0.685. The first-order valence-corrected chi connectivity index (χ1v) is 10.0. The van der Waals surface area contributed by atoms with Gasteiger partial charge in [0.15, 0.2) is 5.96 Å². The molecule has 6 nitrogen and oxygen atoms in total. The van der Waals surface area contributed by atoms with Crippen molar-refractivity contribution in [3.8, 4) is 0 Å². The summed E-state index contributed by atoms with van der Waals surface area (Å²) in [4.78, 5) is 10.1. The van der Waals surface area contributed by atoms with Crippen molar-refractivity contribution >= 4 is 41.3 Å². The average molecular weight is 510 g/mol. The average Bonchev–Trinajstić information content (AvgIpc) is 3.34. The fourth-order valence-corrected chi connectivity index (χ4v) is 3.54. The third kappa shape index (κ3) is 6.90. The second-order valence-corrected chi connectivity index (χ2v) is 7.41. The second-order valence-electron chi connectivity index (χ2n) is 6.21. The highest BCUT2D eigenvalue weighted by atomic mass is 127. The molecule has 0 atom stereocenters. The van der Waals surface area contributed by atoms with E-state index in [9.17, 15) is 0 Å². The van der Waals surface area contributed by atoms with Crippen molar-refractivity contribution in [1.82, 2.24) is 25.4 Å². The number of hydrogen-bond acceptors (Lipinski definition) is 4. The van der Waals surface area contributed by atoms with E-state index in [1.54, 1.807) is 18.4 Å². The molecule has 3 aromatic rings. The highest BCUT2D eigenvalue weighted by molar-refractivity contribution is 14.0. The second kappa shape index (κ2) is 11.8. The van der Waals surface area contributed by atoms with Crippen LogP contribution >= 0.6 is 35.3 Å². The summed E-state index contributed by atoms with van der Waals surface area (Å²) in [5.74, 6) is 0.790. The maximum atomic E-state index is 4.45. The number of benzene rings is 1. The third-order valence-corrected chi connectivity index (χ3v) is 5.34. The van der Waals surface area contributed by atoms with E-state index < -0.39 is 0 Å². The lowest BCUT2D eigenvalue weighted by atomic mass is 10.2. The largest absolute Gasteiger partial charge is 0.356 e. The molecule has 2 heterocycles. The molecule has 0 saturated carbocycles. The summed E-state index contributed by atoms with van der Waals surface area (Å²) in [5.41, 5.74) is 2.37. The van der Waals surface area contributed by atoms with Gasteiger partial charge in [-0.2, -0.15) is 5.10 Å². The lowest BCUT2D eigenvalue weighted by Gasteiger charge is -2.10. The van der Waals surface area contributed by atoms with E-state index in [1.165, 1.54) is 10.4 Å². The Bertz CT molecular complexity index is 858. The molecular formula is C20H27IN6S. The maximum absolute atomic E-state index is 4.45. The van der Waals surface area contributed by atoms with Crippen molar-refractivity contribution in [1.29, 1.82) is 0 Å². The van der Waals surface area contributed by atoms with Gasteiger partial charge in [0.05, 0.1) is 17.7 Å². The van der Waals surface area contributed by atoms with Crippen LogP contribution in [-0.2, 0) is 25.9 Å². The van der Waals surface area contributed by atoms with E-state index in [0.717, 1.165) is 42.5 Å². The van der Waals surface area contributed by atoms with Gasteiger partial charge in [-0.3, -0.25) is 9.67 Å². The van der Waals surface area contributed by atoms with Crippen molar-refractivity contribution in [2.75, 3.05) is 13.6 Å². The molecule has 8 heteroatoms. The van der Waals surface area contributed by atoms with Gasteiger partial charge in [0.25, 0.3) is 0 Å². The Morgan fingerprint density at radius 2 is 1.96 bits per heavy atom. The van der Waals surface area contributed by atoms with Crippen molar-refractivity contribution in [2.24, 2.45) is 4.99 Å². The van der Waals surface area contributed by atoms with Crippen LogP contribution in [-0.4, -0.2) is 34.3 Å². The van der Waals surface area contributed by atoms with Gasteiger partial charge in [-0.1, -0.05) is 37.3 Å². The highest BCUT2D eigenvalue weighted by Gasteiger charge is 2.04. The van der Waals surface area contributed by atoms with Gasteiger partial charge in [0.1, 0.15) is 0 Å². The van der Waals surface area contributed by atoms with Crippen molar-refractivity contribution in [3.05, 3.63) is 69.9 Å². The van der Waals surface area contributed by atoms with Gasteiger partial charge in [-0.05, 0) is 12.0 Å². The fourth-order valence-electron chi connectivity index (χ4n) is 2.68. The highest BCUT2D eigenvalue weighted by Crippen LogP contribution is 2.13. The molecule has 0 spiro atoms. The Kier molecular flexibility index (Phi) is 9.42. The van der Waals surface area contributed by atoms with Crippen LogP contribution in [0.15, 0.2) is 53.9 Å². The number of thiazole rings is 1. The van der Waals surface area contributed by atoms with Crippen LogP contribution in [0.25, 0.3) is 0 Å². The smallest absolute Gasteiger partial charge is 0.191 e. The molecule has 0 aliphatic rings. The minimum Gasteiger partial charge on any atom is -0.356 e. The zero-order valence-corrected chi connectivity index (χ0v) is 19.4. The molecule has 3 rings (SSSR count). The van der Waals surface area contributed by atoms with Crippen molar-refractivity contribution in [3.63, 3.8) is 0 Å². The van der Waals surface area contributed by atoms with Crippen LogP contribution in [0.4, 0.5) is 0 Å². The fraction of sp³-hybridized carbons (Fsp3) is 0.350. The molecule has 0 amide bonds. The molecular weight excluding hydrogens is 483 g/mol. The summed E-state index contributed by atoms with van der Waals surface area (Å²) in [5, 5.41) is 12.3. The Balaban J connectivity index is 0.00000280. The van der Waals surface area contributed by atoms with E-state index in [2.05, 4.69) is 51.0 Å². The monoisotopic (exact) mass is 510 g/mol. The number of rotatable bonds is 8. The predicted octanol–water partition coefficient (Wildman–Crippen LogP) is 3.48. The Morgan fingerprint density at radius 1 is 1.14 bits per heavy atom. The molecule has 2 N–H and O–H groups in total. The number of aryl methyl sites for hydroxylation is 1. The normalized spacial score (nSPS) is 11.1. The van der Waals surface area contributed by atoms with Gasteiger partial charge < -0.3 is 10.6 Å². The Hall–Kier alpha value is -1.94. The first-order chi connectivity index (χ1) is 13.3. The molecule has 1 aromatic carbocycles.